The van der Waals surface area contributed by atoms with Gasteiger partial charge in [-0.15, -0.1) is 0 Å². The molecule has 1 aromatic heterocycles. The molecule has 1 aliphatic heterocycles. The number of carbonyl (C=O) groups excluding carboxylic acids is 1. The molecule has 2 heterocycles. The molecule has 24 heavy (non-hydrogen) atoms. The van der Waals surface area contributed by atoms with Crippen LogP contribution >= 0.6 is 15.9 Å². The molecule has 0 radical (unpaired) electrons. The van der Waals surface area contributed by atoms with Crippen LogP contribution in [0, 0.1) is 0 Å². The number of pyridine rings is 1. The number of nitrogens with one attached hydrogen (secondary N) is 1. The summed E-state index contributed by atoms with van der Waals surface area (Å²) in [7, 11) is 1.97. The van der Waals surface area contributed by atoms with Gasteiger partial charge in [0, 0.05) is 35.9 Å². The molecule has 6 heteroatoms. The Balaban J connectivity index is 1.61. The normalized spacial score (nSPS) is 15.3. The van der Waals surface area contributed by atoms with Gasteiger partial charge in [0.1, 0.15) is 5.75 Å². The van der Waals surface area contributed by atoms with Crippen LogP contribution in [0.2, 0.25) is 0 Å². The van der Waals surface area contributed by atoms with E-state index in [9.17, 15) is 4.79 Å². The molecule has 1 aliphatic rings. The summed E-state index contributed by atoms with van der Waals surface area (Å²) in [5.74, 6) is 1.22. The highest BCUT2D eigenvalue weighted by molar-refractivity contribution is 9.10. The molecule has 1 N–H and O–H groups in total. The van der Waals surface area contributed by atoms with Crippen LogP contribution in [0.1, 0.15) is 23.2 Å². The van der Waals surface area contributed by atoms with Gasteiger partial charge < -0.3 is 15.0 Å². The zero-order valence-corrected chi connectivity index (χ0v) is 15.1. The molecule has 0 saturated carbocycles. The van der Waals surface area contributed by atoms with E-state index in [2.05, 4.69) is 26.2 Å². The third-order valence-corrected chi connectivity index (χ3v) is 4.74. The molecule has 0 aliphatic carbocycles. The van der Waals surface area contributed by atoms with Gasteiger partial charge in [-0.1, -0.05) is 15.9 Å². The van der Waals surface area contributed by atoms with Crippen molar-refractivity contribution in [1.29, 1.82) is 0 Å². The van der Waals surface area contributed by atoms with Gasteiger partial charge in [-0.2, -0.15) is 0 Å². The lowest BCUT2D eigenvalue weighted by Crippen LogP contribution is -2.43. The molecule has 126 valence electrons. The number of piperidine rings is 1. The zero-order chi connectivity index (χ0) is 16.9. The van der Waals surface area contributed by atoms with Crippen LogP contribution in [0.4, 0.5) is 0 Å². The third-order valence-electron chi connectivity index (χ3n) is 4.21. The minimum absolute atomic E-state index is 0.0345. The third kappa shape index (κ3) is 4.13. The van der Waals surface area contributed by atoms with E-state index < -0.39 is 0 Å². The van der Waals surface area contributed by atoms with E-state index in [1.54, 1.807) is 18.3 Å². The minimum Gasteiger partial charge on any atom is -0.439 e. The number of benzene rings is 1. The van der Waals surface area contributed by atoms with Gasteiger partial charge in [0.25, 0.3) is 5.91 Å². The monoisotopic (exact) mass is 389 g/mol. The molecule has 0 spiro atoms. The highest BCUT2D eigenvalue weighted by atomic mass is 79.9. The zero-order valence-electron chi connectivity index (χ0n) is 13.5. The highest BCUT2D eigenvalue weighted by Crippen LogP contribution is 2.22. The summed E-state index contributed by atoms with van der Waals surface area (Å²) in [4.78, 5) is 18.7. The van der Waals surface area contributed by atoms with Crippen LogP contribution in [-0.4, -0.2) is 42.0 Å². The molecule has 3 rings (SSSR count). The Morgan fingerprint density at radius 1 is 1.21 bits per heavy atom. The average Bonchev–Trinajstić information content (AvgIpc) is 2.64. The maximum atomic E-state index is 12.5. The first-order valence-electron chi connectivity index (χ1n) is 8.02. The lowest BCUT2D eigenvalue weighted by Gasteiger charge is -2.31. The molecule has 2 aromatic rings. The van der Waals surface area contributed by atoms with Crippen molar-refractivity contribution in [2.24, 2.45) is 0 Å². The average molecular weight is 390 g/mol. The lowest BCUT2D eigenvalue weighted by molar-refractivity contribution is 0.0707. The Morgan fingerprint density at radius 2 is 1.92 bits per heavy atom. The SMILES string of the molecule is CNC1CCN(C(=O)c2ccc(Oc3ccc(Br)cc3)nc2)CC1. The van der Waals surface area contributed by atoms with Gasteiger partial charge in [-0.25, -0.2) is 4.98 Å². The van der Waals surface area contributed by atoms with E-state index in [1.165, 1.54) is 0 Å². The van der Waals surface area contributed by atoms with Crippen molar-refractivity contribution in [1.82, 2.24) is 15.2 Å². The number of hydrogen-bond donors (Lipinski definition) is 1. The van der Waals surface area contributed by atoms with Crippen molar-refractivity contribution in [2.45, 2.75) is 18.9 Å². The molecule has 5 nitrogen and oxygen atoms in total. The summed E-state index contributed by atoms with van der Waals surface area (Å²) in [6, 6.07) is 11.5. The van der Waals surface area contributed by atoms with Gasteiger partial charge >= 0.3 is 0 Å². The molecular weight excluding hydrogens is 370 g/mol. The predicted octanol–water partition coefficient (Wildman–Crippen LogP) is 3.46. The van der Waals surface area contributed by atoms with E-state index in [0.717, 1.165) is 30.4 Å². The largest absolute Gasteiger partial charge is 0.439 e. The van der Waals surface area contributed by atoms with Crippen LogP contribution in [0.25, 0.3) is 0 Å². The number of amides is 1. The summed E-state index contributed by atoms with van der Waals surface area (Å²) >= 11 is 3.39. The number of rotatable bonds is 4. The first-order chi connectivity index (χ1) is 11.7. The fourth-order valence-corrected chi connectivity index (χ4v) is 3.01. The smallest absolute Gasteiger partial charge is 0.255 e. The second-order valence-electron chi connectivity index (χ2n) is 5.80. The first-order valence-corrected chi connectivity index (χ1v) is 8.81. The van der Waals surface area contributed by atoms with Crippen LogP contribution in [0.5, 0.6) is 11.6 Å². The summed E-state index contributed by atoms with van der Waals surface area (Å²) in [6.07, 6.45) is 3.56. The van der Waals surface area contributed by atoms with Gasteiger partial charge in [0.15, 0.2) is 0 Å². The number of hydrogen-bond acceptors (Lipinski definition) is 4. The second kappa shape index (κ2) is 7.77. The van der Waals surface area contributed by atoms with Gasteiger partial charge in [0.2, 0.25) is 5.88 Å². The molecule has 1 saturated heterocycles. The van der Waals surface area contributed by atoms with Crippen molar-refractivity contribution < 1.29 is 9.53 Å². The predicted molar refractivity (Wildman–Crippen MR) is 96.4 cm³/mol. The Labute approximate surface area is 150 Å². The van der Waals surface area contributed by atoms with Crippen LogP contribution < -0.4 is 10.1 Å². The van der Waals surface area contributed by atoms with Crippen molar-refractivity contribution in [3.63, 3.8) is 0 Å². The Hall–Kier alpha value is -1.92. The highest BCUT2D eigenvalue weighted by Gasteiger charge is 2.22. The molecule has 1 aromatic carbocycles. The van der Waals surface area contributed by atoms with Crippen molar-refractivity contribution in [2.75, 3.05) is 20.1 Å². The number of likely N-dealkylation sites (tertiary alicyclic amines) is 1. The number of ether oxygens (including phenoxy) is 1. The quantitative estimate of drug-likeness (QED) is 0.869. The fourth-order valence-electron chi connectivity index (χ4n) is 2.74. The van der Waals surface area contributed by atoms with E-state index in [1.807, 2.05) is 36.2 Å². The second-order valence-corrected chi connectivity index (χ2v) is 6.71. The van der Waals surface area contributed by atoms with Crippen LogP contribution in [-0.2, 0) is 0 Å². The van der Waals surface area contributed by atoms with Gasteiger partial charge in [0.05, 0.1) is 5.56 Å². The Morgan fingerprint density at radius 3 is 2.50 bits per heavy atom. The number of nitrogens with zero attached hydrogens (tertiary/aromatic N) is 2. The minimum atomic E-state index is 0.0345. The fraction of sp³-hybridized carbons (Fsp3) is 0.333. The molecule has 1 amide bonds. The molecule has 1 fully saturated rings. The number of aromatic nitrogens is 1. The Kier molecular flexibility index (Phi) is 5.48. The van der Waals surface area contributed by atoms with E-state index in [4.69, 9.17) is 4.74 Å². The summed E-state index contributed by atoms with van der Waals surface area (Å²) in [5.41, 5.74) is 0.598. The van der Waals surface area contributed by atoms with E-state index >= 15 is 0 Å². The summed E-state index contributed by atoms with van der Waals surface area (Å²) in [5, 5.41) is 3.27. The van der Waals surface area contributed by atoms with Gasteiger partial charge in [-0.3, -0.25) is 4.79 Å². The Bertz CT molecular complexity index is 680. The van der Waals surface area contributed by atoms with E-state index in [0.29, 0.717) is 23.2 Å². The van der Waals surface area contributed by atoms with Gasteiger partial charge in [-0.05, 0) is 50.2 Å². The van der Waals surface area contributed by atoms with Crippen LogP contribution in [0.15, 0.2) is 47.1 Å². The van der Waals surface area contributed by atoms with Crippen molar-refractivity contribution in [3.05, 3.63) is 52.6 Å². The van der Waals surface area contributed by atoms with Crippen molar-refractivity contribution >= 4 is 21.8 Å². The molecule has 0 unspecified atom stereocenters. The molecular formula is C18H20BrN3O2. The summed E-state index contributed by atoms with van der Waals surface area (Å²) in [6.45, 7) is 1.56. The molecule has 0 atom stereocenters. The lowest BCUT2D eigenvalue weighted by atomic mass is 10.0. The van der Waals surface area contributed by atoms with E-state index in [-0.39, 0.29) is 5.91 Å². The first kappa shape index (κ1) is 16.9. The number of carbonyl (C=O) groups is 1. The van der Waals surface area contributed by atoms with Crippen molar-refractivity contribution in [3.8, 4) is 11.6 Å². The topological polar surface area (TPSA) is 54.5 Å². The van der Waals surface area contributed by atoms with Crippen LogP contribution in [0.3, 0.4) is 0 Å². The molecule has 0 bridgehead atoms. The standard InChI is InChI=1S/C18H20BrN3O2/c1-20-15-8-10-22(11-9-15)18(23)13-2-7-17(21-12-13)24-16-5-3-14(19)4-6-16/h2-7,12,15,20H,8-11H2,1H3. The number of halogens is 1. The maximum absolute atomic E-state index is 12.5. The summed E-state index contributed by atoms with van der Waals surface area (Å²) < 4.78 is 6.67. The maximum Gasteiger partial charge on any atom is 0.255 e.